The Kier molecular flexibility index (Phi) is 4.13. The number of carbonyl (C=O) groups is 2. The average Bonchev–Trinajstić information content (AvgIpc) is 2.75. The third-order valence-electron chi connectivity index (χ3n) is 2.48. The van der Waals surface area contributed by atoms with Crippen molar-refractivity contribution in [1.29, 1.82) is 0 Å². The van der Waals surface area contributed by atoms with Crippen LogP contribution in [-0.2, 0) is 14.8 Å². The summed E-state index contributed by atoms with van der Waals surface area (Å²) in [5, 5.41) is 7.62. The van der Waals surface area contributed by atoms with Crippen LogP contribution in [0.25, 0.3) is 0 Å². The van der Waals surface area contributed by atoms with E-state index in [1.807, 2.05) is 0 Å². The predicted octanol–water partition coefficient (Wildman–Crippen LogP) is 0.193. The molecule has 1 aromatic rings. The van der Waals surface area contributed by atoms with Gasteiger partial charge in [0.2, 0.25) is 15.9 Å². The van der Waals surface area contributed by atoms with Crippen LogP contribution >= 0.6 is 0 Å². The molecule has 0 saturated carbocycles. The molecule has 0 aromatic heterocycles. The highest BCUT2D eigenvalue weighted by atomic mass is 32.2. The molecule has 21 heavy (non-hydrogen) atoms. The van der Waals surface area contributed by atoms with Crippen LogP contribution in [0.15, 0.2) is 36.0 Å². The molecule has 4 N–H and O–H groups in total. The fourth-order valence-electron chi connectivity index (χ4n) is 1.67. The number of rotatable bonds is 4. The zero-order chi connectivity index (χ0) is 15.5. The standard InChI is InChI=1S/C12H14N4O4S/c1-21(19,20)16-9-4-2-8(3-5-9)14-12(18)15-10-6-11(17)13-7-10/h2-6,16H,7H2,1H3,(H,13,17)(H2,14,15,18). The third-order valence-corrected chi connectivity index (χ3v) is 3.08. The van der Waals surface area contributed by atoms with Crippen LogP contribution in [0.2, 0.25) is 0 Å². The zero-order valence-corrected chi connectivity index (χ0v) is 12.0. The van der Waals surface area contributed by atoms with Gasteiger partial charge in [0.15, 0.2) is 0 Å². The Morgan fingerprint density at radius 3 is 2.29 bits per heavy atom. The Morgan fingerprint density at radius 2 is 1.76 bits per heavy atom. The highest BCUT2D eigenvalue weighted by molar-refractivity contribution is 7.92. The number of carbonyl (C=O) groups excluding carboxylic acids is 2. The van der Waals surface area contributed by atoms with Crippen molar-refractivity contribution in [3.05, 3.63) is 36.0 Å². The summed E-state index contributed by atoms with van der Waals surface area (Å²) < 4.78 is 24.4. The Bertz CT molecular complexity index is 694. The fraction of sp³-hybridized carbons (Fsp3) is 0.167. The molecule has 1 heterocycles. The summed E-state index contributed by atoms with van der Waals surface area (Å²) in [7, 11) is -3.33. The second-order valence-corrected chi connectivity index (χ2v) is 6.17. The number of sulfonamides is 1. The van der Waals surface area contributed by atoms with E-state index in [0.717, 1.165) is 6.26 Å². The van der Waals surface area contributed by atoms with E-state index in [1.54, 1.807) is 12.1 Å². The Morgan fingerprint density at radius 1 is 1.14 bits per heavy atom. The van der Waals surface area contributed by atoms with Gasteiger partial charge in [-0.05, 0) is 24.3 Å². The molecule has 0 spiro atoms. The maximum absolute atomic E-state index is 11.7. The molecule has 0 atom stereocenters. The number of hydrogen-bond acceptors (Lipinski definition) is 4. The van der Waals surface area contributed by atoms with Crippen molar-refractivity contribution in [2.24, 2.45) is 0 Å². The first-order valence-corrected chi connectivity index (χ1v) is 7.85. The quantitative estimate of drug-likeness (QED) is 0.635. The van der Waals surface area contributed by atoms with Gasteiger partial charge >= 0.3 is 6.03 Å². The summed E-state index contributed by atoms with van der Waals surface area (Å²) in [6.45, 7) is 0.281. The lowest BCUT2D eigenvalue weighted by Crippen LogP contribution is -2.30. The fourth-order valence-corrected chi connectivity index (χ4v) is 2.23. The largest absolute Gasteiger partial charge is 0.347 e. The van der Waals surface area contributed by atoms with E-state index in [1.165, 1.54) is 18.2 Å². The SMILES string of the molecule is CS(=O)(=O)Nc1ccc(NC(=O)NC2=CC(=O)NC2)cc1. The molecule has 0 unspecified atom stereocenters. The second-order valence-electron chi connectivity index (χ2n) is 4.42. The summed E-state index contributed by atoms with van der Waals surface area (Å²) in [4.78, 5) is 22.6. The minimum Gasteiger partial charge on any atom is -0.347 e. The summed E-state index contributed by atoms with van der Waals surface area (Å²) in [6, 6.07) is 5.67. The van der Waals surface area contributed by atoms with Crippen molar-refractivity contribution in [2.75, 3.05) is 22.8 Å². The molecule has 0 radical (unpaired) electrons. The molecule has 1 aliphatic rings. The van der Waals surface area contributed by atoms with E-state index in [2.05, 4.69) is 20.7 Å². The molecule has 1 aromatic carbocycles. The van der Waals surface area contributed by atoms with Crippen molar-refractivity contribution in [3.63, 3.8) is 0 Å². The number of benzene rings is 1. The highest BCUT2D eigenvalue weighted by Gasteiger charge is 2.13. The third kappa shape index (κ3) is 4.80. The normalized spacial score (nSPS) is 14.1. The summed E-state index contributed by atoms with van der Waals surface area (Å²) in [5.74, 6) is -0.249. The molecule has 0 aliphatic carbocycles. The number of hydrogen-bond donors (Lipinski definition) is 4. The van der Waals surface area contributed by atoms with E-state index < -0.39 is 16.1 Å². The van der Waals surface area contributed by atoms with Gasteiger partial charge in [0.05, 0.1) is 12.8 Å². The lowest BCUT2D eigenvalue weighted by molar-refractivity contribution is -0.115. The van der Waals surface area contributed by atoms with Crippen LogP contribution in [0.4, 0.5) is 16.2 Å². The number of nitrogens with one attached hydrogen (secondary N) is 4. The summed E-state index contributed by atoms with van der Waals surface area (Å²) >= 11 is 0. The van der Waals surface area contributed by atoms with Gasteiger partial charge in [-0.25, -0.2) is 13.2 Å². The van der Waals surface area contributed by atoms with Crippen molar-refractivity contribution >= 4 is 33.3 Å². The summed E-state index contributed by atoms with van der Waals surface area (Å²) in [6.07, 6.45) is 2.36. The topological polar surface area (TPSA) is 116 Å². The van der Waals surface area contributed by atoms with Gasteiger partial charge in [-0.15, -0.1) is 0 Å². The van der Waals surface area contributed by atoms with E-state index in [-0.39, 0.29) is 12.5 Å². The van der Waals surface area contributed by atoms with Crippen LogP contribution in [0.3, 0.4) is 0 Å². The molecule has 0 saturated heterocycles. The van der Waals surface area contributed by atoms with Crippen LogP contribution in [0.1, 0.15) is 0 Å². The van der Waals surface area contributed by atoms with E-state index in [9.17, 15) is 18.0 Å². The molecule has 3 amide bonds. The van der Waals surface area contributed by atoms with E-state index >= 15 is 0 Å². The molecule has 0 fully saturated rings. The predicted molar refractivity (Wildman–Crippen MR) is 78.2 cm³/mol. The number of amides is 3. The molecule has 9 heteroatoms. The van der Waals surface area contributed by atoms with Gasteiger partial charge in [0.25, 0.3) is 0 Å². The Hall–Kier alpha value is -2.55. The maximum atomic E-state index is 11.7. The lowest BCUT2D eigenvalue weighted by atomic mass is 10.3. The molecule has 1 aliphatic heterocycles. The van der Waals surface area contributed by atoms with Crippen molar-refractivity contribution in [1.82, 2.24) is 10.6 Å². The average molecular weight is 310 g/mol. The smallest absolute Gasteiger partial charge is 0.323 e. The van der Waals surface area contributed by atoms with Gasteiger partial charge in [0, 0.05) is 23.1 Å². The first-order chi connectivity index (χ1) is 9.82. The Labute approximate surface area is 121 Å². The second kappa shape index (κ2) is 5.83. The van der Waals surface area contributed by atoms with Crippen molar-refractivity contribution in [3.8, 4) is 0 Å². The van der Waals surface area contributed by atoms with Crippen molar-refractivity contribution < 1.29 is 18.0 Å². The monoisotopic (exact) mass is 310 g/mol. The van der Waals surface area contributed by atoms with Gasteiger partial charge < -0.3 is 16.0 Å². The molecule has 112 valence electrons. The minimum absolute atomic E-state index is 0.249. The number of anilines is 2. The van der Waals surface area contributed by atoms with Gasteiger partial charge in [-0.3, -0.25) is 9.52 Å². The van der Waals surface area contributed by atoms with Crippen LogP contribution in [-0.4, -0.2) is 33.2 Å². The first kappa shape index (κ1) is 14.9. The molecule has 0 bridgehead atoms. The Balaban J connectivity index is 1.92. The molecular weight excluding hydrogens is 296 g/mol. The van der Waals surface area contributed by atoms with Crippen molar-refractivity contribution in [2.45, 2.75) is 0 Å². The van der Waals surface area contributed by atoms with Gasteiger partial charge in [-0.1, -0.05) is 0 Å². The maximum Gasteiger partial charge on any atom is 0.323 e. The first-order valence-electron chi connectivity index (χ1n) is 5.96. The van der Waals surface area contributed by atoms with Gasteiger partial charge in [0.1, 0.15) is 0 Å². The lowest BCUT2D eigenvalue weighted by Gasteiger charge is -2.09. The highest BCUT2D eigenvalue weighted by Crippen LogP contribution is 2.14. The van der Waals surface area contributed by atoms with E-state index in [4.69, 9.17) is 0 Å². The van der Waals surface area contributed by atoms with Crippen LogP contribution < -0.4 is 20.7 Å². The summed E-state index contributed by atoms with van der Waals surface area (Å²) in [5.41, 5.74) is 1.37. The van der Waals surface area contributed by atoms with Gasteiger partial charge in [-0.2, -0.15) is 0 Å². The molecule has 2 rings (SSSR count). The molecular formula is C12H14N4O4S. The zero-order valence-electron chi connectivity index (χ0n) is 11.1. The minimum atomic E-state index is -3.33. The van der Waals surface area contributed by atoms with Crippen LogP contribution in [0.5, 0.6) is 0 Å². The number of urea groups is 1. The molecule has 8 nitrogen and oxygen atoms in total. The van der Waals surface area contributed by atoms with E-state index in [0.29, 0.717) is 17.1 Å². The van der Waals surface area contributed by atoms with Crippen LogP contribution in [0, 0.1) is 0 Å².